The molecule has 2 heteroatoms. The van der Waals surface area contributed by atoms with Gasteiger partial charge in [0.15, 0.2) is 0 Å². The fourth-order valence-electron chi connectivity index (χ4n) is 13.7. The van der Waals surface area contributed by atoms with Crippen LogP contribution < -0.4 is 9.80 Å². The van der Waals surface area contributed by atoms with Crippen LogP contribution in [0, 0.1) is 0 Å². The molecule has 0 amide bonds. The monoisotopic (exact) mass is 948 g/mol. The third-order valence-electron chi connectivity index (χ3n) is 17.3. The van der Waals surface area contributed by atoms with Gasteiger partial charge in [-0.2, -0.15) is 0 Å². The van der Waals surface area contributed by atoms with Crippen molar-refractivity contribution in [1.82, 2.24) is 0 Å². The number of benzene rings is 10. The van der Waals surface area contributed by atoms with E-state index >= 15 is 0 Å². The first-order valence-electron chi connectivity index (χ1n) is 26.9. The minimum absolute atomic E-state index is 0.154. The summed E-state index contributed by atoms with van der Waals surface area (Å²) in [7, 11) is 0. The maximum Gasteiger partial charge on any atom is 0.0493 e. The number of fused-ring (bicyclic) bond motifs is 8. The van der Waals surface area contributed by atoms with Crippen LogP contribution in [0.5, 0.6) is 0 Å². The Kier molecular flexibility index (Phi) is 9.80. The second-order valence-corrected chi connectivity index (χ2v) is 21.7. The smallest absolute Gasteiger partial charge is 0.0493 e. The molecule has 0 spiro atoms. The first-order valence-corrected chi connectivity index (χ1v) is 26.9. The molecule has 0 aromatic heterocycles. The molecule has 0 fully saturated rings. The standard InChI is InChI=1S/C72H56N2/c1-72(2)64-26-12-11-24-57(64)58-38-35-53(43-65(58)72)70-60-39-36-55(73-66-27-13-5-18-47(66)32-33-48-19-6-14-28-67(48)73)45-63(60)71(59-25-10-9-23-56(59)50-34-31-46-17-3-4-20-49(46)41-50)61-40-37-54(44-62(61)70)74-68-29-15-7-21-51(68)42-52-22-8-16-30-69(52)74/h3-6,9-20,23-31,34-41,43-45H,7-8,21-22,32-33,42H2,1-2H3. The lowest BCUT2D eigenvalue weighted by Gasteiger charge is -2.38. The SMILES string of the molecule is CC1(C)c2ccccc2-c2ccc(-c3c4cc(N5C6=C(CCC=C6)CC6=C5C=CCC6)ccc4c(-c4ccccc4-c4ccc5ccccc5c4)c4cc(N5c6ccccc6CCc6ccccc65)ccc34)cc21. The Morgan fingerprint density at radius 2 is 0.932 bits per heavy atom. The average Bonchev–Trinajstić information content (AvgIpc) is 3.60. The van der Waals surface area contributed by atoms with E-state index in [0.29, 0.717) is 0 Å². The molecule has 354 valence electrons. The summed E-state index contributed by atoms with van der Waals surface area (Å²) in [6, 6.07) is 74.3. The van der Waals surface area contributed by atoms with Crippen LogP contribution >= 0.6 is 0 Å². The molecule has 2 heterocycles. The molecule has 74 heavy (non-hydrogen) atoms. The number of allylic oxidation sites excluding steroid dienone is 6. The lowest BCUT2D eigenvalue weighted by Crippen LogP contribution is -2.28. The highest BCUT2D eigenvalue weighted by Gasteiger charge is 2.36. The number of para-hydroxylation sites is 2. The summed E-state index contributed by atoms with van der Waals surface area (Å²) in [4.78, 5) is 5.15. The Morgan fingerprint density at radius 3 is 1.65 bits per heavy atom. The second-order valence-electron chi connectivity index (χ2n) is 21.7. The van der Waals surface area contributed by atoms with Crippen LogP contribution in [0.2, 0.25) is 0 Å². The van der Waals surface area contributed by atoms with E-state index < -0.39 is 0 Å². The van der Waals surface area contributed by atoms with E-state index in [1.165, 1.54) is 128 Å². The van der Waals surface area contributed by atoms with E-state index in [-0.39, 0.29) is 5.41 Å². The van der Waals surface area contributed by atoms with E-state index in [0.717, 1.165) is 50.6 Å². The first-order chi connectivity index (χ1) is 36.5. The van der Waals surface area contributed by atoms with Gasteiger partial charge in [-0.3, -0.25) is 0 Å². The fraction of sp³-hybridized carbons (Fsp3) is 0.139. The van der Waals surface area contributed by atoms with Gasteiger partial charge < -0.3 is 9.80 Å². The summed E-state index contributed by atoms with van der Waals surface area (Å²) in [5, 5.41) is 7.50. The summed E-state index contributed by atoms with van der Waals surface area (Å²) < 4.78 is 0. The Bertz CT molecular complexity index is 4070. The molecule has 0 bridgehead atoms. The lowest BCUT2D eigenvalue weighted by molar-refractivity contribution is 0.660. The van der Waals surface area contributed by atoms with Crippen molar-refractivity contribution in [1.29, 1.82) is 0 Å². The van der Waals surface area contributed by atoms with Crippen LogP contribution in [0.1, 0.15) is 68.2 Å². The molecule has 0 radical (unpaired) electrons. The van der Waals surface area contributed by atoms with Crippen molar-refractivity contribution in [2.75, 3.05) is 9.80 Å². The van der Waals surface area contributed by atoms with E-state index in [9.17, 15) is 0 Å². The molecule has 0 saturated carbocycles. The van der Waals surface area contributed by atoms with Crippen LogP contribution in [-0.4, -0.2) is 0 Å². The Balaban J connectivity index is 1.07. The van der Waals surface area contributed by atoms with Crippen LogP contribution in [-0.2, 0) is 18.3 Å². The topological polar surface area (TPSA) is 6.48 Å². The molecule has 15 rings (SSSR count). The third-order valence-corrected chi connectivity index (χ3v) is 17.3. The second kappa shape index (κ2) is 16.8. The van der Waals surface area contributed by atoms with Gasteiger partial charge in [-0.1, -0.05) is 172 Å². The zero-order valence-corrected chi connectivity index (χ0v) is 42.1. The van der Waals surface area contributed by atoms with Gasteiger partial charge in [0.25, 0.3) is 0 Å². The summed E-state index contributed by atoms with van der Waals surface area (Å²) in [5.74, 6) is 0. The van der Waals surface area contributed by atoms with Crippen molar-refractivity contribution in [3.8, 4) is 44.5 Å². The number of aryl methyl sites for hydroxylation is 2. The molecule has 3 aliphatic carbocycles. The highest BCUT2D eigenvalue weighted by molar-refractivity contribution is 6.24. The van der Waals surface area contributed by atoms with Crippen molar-refractivity contribution in [2.45, 2.75) is 64.2 Å². The van der Waals surface area contributed by atoms with Gasteiger partial charge >= 0.3 is 0 Å². The van der Waals surface area contributed by atoms with E-state index in [4.69, 9.17) is 0 Å². The molecule has 2 aliphatic heterocycles. The Labute approximate surface area is 434 Å². The van der Waals surface area contributed by atoms with Crippen LogP contribution in [0.15, 0.2) is 241 Å². The van der Waals surface area contributed by atoms with Gasteiger partial charge in [-0.05, 0) is 216 Å². The summed E-state index contributed by atoms with van der Waals surface area (Å²) >= 11 is 0. The van der Waals surface area contributed by atoms with E-state index in [2.05, 4.69) is 242 Å². The molecule has 0 saturated heterocycles. The Hall–Kier alpha value is -8.46. The van der Waals surface area contributed by atoms with Gasteiger partial charge in [0, 0.05) is 39.6 Å². The van der Waals surface area contributed by atoms with Gasteiger partial charge in [0.05, 0.1) is 0 Å². The molecule has 0 unspecified atom stereocenters. The zero-order chi connectivity index (χ0) is 49.1. The van der Waals surface area contributed by atoms with Crippen molar-refractivity contribution in [3.05, 3.63) is 263 Å². The van der Waals surface area contributed by atoms with Crippen LogP contribution in [0.4, 0.5) is 22.7 Å². The highest BCUT2D eigenvalue weighted by atomic mass is 15.2. The molecule has 5 aliphatic rings. The van der Waals surface area contributed by atoms with Gasteiger partial charge in [0.2, 0.25) is 0 Å². The zero-order valence-electron chi connectivity index (χ0n) is 42.1. The number of hydrogen-bond acceptors (Lipinski definition) is 2. The Morgan fingerprint density at radius 1 is 0.378 bits per heavy atom. The van der Waals surface area contributed by atoms with Crippen LogP contribution in [0.25, 0.3) is 76.8 Å². The maximum atomic E-state index is 2.61. The lowest BCUT2D eigenvalue weighted by atomic mass is 9.80. The van der Waals surface area contributed by atoms with Gasteiger partial charge in [0.1, 0.15) is 0 Å². The summed E-state index contributed by atoms with van der Waals surface area (Å²) in [6.07, 6.45) is 17.1. The van der Waals surface area contributed by atoms with Crippen molar-refractivity contribution < 1.29 is 0 Å². The van der Waals surface area contributed by atoms with Crippen molar-refractivity contribution >= 4 is 55.1 Å². The first kappa shape index (κ1) is 43.2. The largest absolute Gasteiger partial charge is 0.311 e. The molecule has 10 aromatic carbocycles. The maximum absolute atomic E-state index is 2.61. The predicted molar refractivity (Wildman–Crippen MR) is 313 cm³/mol. The molecular formula is C72H56N2. The number of anilines is 4. The van der Waals surface area contributed by atoms with Gasteiger partial charge in [-0.25, -0.2) is 0 Å². The van der Waals surface area contributed by atoms with Crippen LogP contribution in [0.3, 0.4) is 0 Å². The molecule has 10 aromatic rings. The van der Waals surface area contributed by atoms with Gasteiger partial charge in [-0.15, -0.1) is 0 Å². The number of rotatable bonds is 5. The molecule has 0 atom stereocenters. The minimum Gasteiger partial charge on any atom is -0.311 e. The fourth-order valence-corrected chi connectivity index (χ4v) is 13.7. The minimum atomic E-state index is -0.154. The number of hydrogen-bond donors (Lipinski definition) is 0. The predicted octanol–water partition coefficient (Wildman–Crippen LogP) is 19.4. The van der Waals surface area contributed by atoms with Crippen molar-refractivity contribution in [3.63, 3.8) is 0 Å². The quantitative estimate of drug-likeness (QED) is 0.159. The van der Waals surface area contributed by atoms with Crippen molar-refractivity contribution in [2.24, 2.45) is 0 Å². The normalized spacial score (nSPS) is 16.2. The molecular weight excluding hydrogens is 893 g/mol. The average molecular weight is 949 g/mol. The highest BCUT2D eigenvalue weighted by Crippen LogP contribution is 2.54. The summed E-state index contributed by atoms with van der Waals surface area (Å²) in [6.45, 7) is 4.82. The van der Waals surface area contributed by atoms with E-state index in [1.54, 1.807) is 11.1 Å². The molecule has 0 N–H and O–H groups in total. The summed E-state index contributed by atoms with van der Waals surface area (Å²) in [5.41, 5.74) is 26.2. The number of nitrogens with zero attached hydrogens (tertiary/aromatic N) is 2. The van der Waals surface area contributed by atoms with E-state index in [1.807, 2.05) is 0 Å². The third kappa shape index (κ3) is 6.63. The molecule has 2 nitrogen and oxygen atoms in total.